The summed E-state index contributed by atoms with van der Waals surface area (Å²) in [4.78, 5) is 28.8. The van der Waals surface area contributed by atoms with Crippen LogP contribution in [0.1, 0.15) is 37.0 Å². The second-order valence-electron chi connectivity index (χ2n) is 8.44. The molecule has 0 aliphatic carbocycles. The standard InChI is InChI=1S/C28H32N2O3/c1-5-28(3,27(32)29-24-15-17-25(33-4)18-16-24)30(20-23-13-11-21(2)12-14-23)26(31)19-22-9-7-6-8-10-22/h6-18H,5,19-20H2,1-4H3,(H,29,32). The number of carbonyl (C=O) groups excluding carboxylic acids is 2. The third kappa shape index (κ3) is 6.01. The first kappa shape index (κ1) is 24.1. The average molecular weight is 445 g/mol. The van der Waals surface area contributed by atoms with Crippen molar-refractivity contribution < 1.29 is 14.3 Å². The Morgan fingerprint density at radius 1 is 0.909 bits per heavy atom. The maximum atomic E-state index is 13.6. The molecule has 0 heterocycles. The van der Waals surface area contributed by atoms with Crippen LogP contribution in [0.5, 0.6) is 5.75 Å². The monoisotopic (exact) mass is 444 g/mol. The number of nitrogens with zero attached hydrogens (tertiary/aromatic N) is 1. The van der Waals surface area contributed by atoms with E-state index >= 15 is 0 Å². The fourth-order valence-electron chi connectivity index (χ4n) is 3.69. The van der Waals surface area contributed by atoms with Gasteiger partial charge in [-0.15, -0.1) is 0 Å². The third-order valence-corrected chi connectivity index (χ3v) is 6.08. The summed E-state index contributed by atoms with van der Waals surface area (Å²) >= 11 is 0. The maximum Gasteiger partial charge on any atom is 0.250 e. The fraction of sp³-hybridized carbons (Fsp3) is 0.286. The van der Waals surface area contributed by atoms with Crippen LogP contribution in [0.4, 0.5) is 5.69 Å². The number of benzene rings is 3. The number of carbonyl (C=O) groups is 2. The maximum absolute atomic E-state index is 13.6. The van der Waals surface area contributed by atoms with Crippen LogP contribution in [0.25, 0.3) is 0 Å². The Morgan fingerprint density at radius 2 is 1.55 bits per heavy atom. The van der Waals surface area contributed by atoms with Gasteiger partial charge in [-0.1, -0.05) is 67.1 Å². The zero-order valence-corrected chi connectivity index (χ0v) is 19.8. The van der Waals surface area contributed by atoms with E-state index in [4.69, 9.17) is 4.74 Å². The van der Waals surface area contributed by atoms with E-state index in [0.29, 0.717) is 24.4 Å². The Bertz CT molecular complexity index is 1060. The van der Waals surface area contributed by atoms with Crippen molar-refractivity contribution in [1.82, 2.24) is 4.90 Å². The van der Waals surface area contributed by atoms with Crippen LogP contribution in [0, 0.1) is 6.92 Å². The molecule has 3 aromatic carbocycles. The number of hydrogen-bond donors (Lipinski definition) is 1. The topological polar surface area (TPSA) is 58.6 Å². The lowest BCUT2D eigenvalue weighted by Gasteiger charge is -2.40. The van der Waals surface area contributed by atoms with Crippen LogP contribution in [0.2, 0.25) is 0 Å². The summed E-state index contributed by atoms with van der Waals surface area (Å²) in [6.45, 7) is 6.15. The number of aryl methyl sites for hydroxylation is 1. The van der Waals surface area contributed by atoms with Crippen molar-refractivity contribution in [2.45, 2.75) is 45.7 Å². The van der Waals surface area contributed by atoms with Crippen molar-refractivity contribution in [3.05, 3.63) is 95.6 Å². The number of amides is 2. The molecule has 2 amide bonds. The van der Waals surface area contributed by atoms with Gasteiger partial charge in [0.15, 0.2) is 0 Å². The summed E-state index contributed by atoms with van der Waals surface area (Å²) < 4.78 is 5.20. The number of rotatable bonds is 9. The fourth-order valence-corrected chi connectivity index (χ4v) is 3.69. The lowest BCUT2D eigenvalue weighted by molar-refractivity contribution is -0.145. The normalized spacial score (nSPS) is 12.5. The Morgan fingerprint density at radius 3 is 2.12 bits per heavy atom. The molecule has 5 nitrogen and oxygen atoms in total. The first-order valence-electron chi connectivity index (χ1n) is 11.2. The predicted molar refractivity (Wildman–Crippen MR) is 132 cm³/mol. The number of hydrogen-bond acceptors (Lipinski definition) is 3. The lowest BCUT2D eigenvalue weighted by atomic mass is 9.92. The zero-order chi connectivity index (χ0) is 23.8. The third-order valence-electron chi connectivity index (χ3n) is 6.08. The first-order valence-corrected chi connectivity index (χ1v) is 11.2. The smallest absolute Gasteiger partial charge is 0.250 e. The minimum atomic E-state index is -1.03. The molecular weight excluding hydrogens is 412 g/mol. The lowest BCUT2D eigenvalue weighted by Crippen LogP contribution is -2.56. The molecule has 5 heteroatoms. The van der Waals surface area contributed by atoms with Gasteiger partial charge in [-0.2, -0.15) is 0 Å². The van der Waals surface area contributed by atoms with Gasteiger partial charge in [-0.05, 0) is 55.7 Å². The van der Waals surface area contributed by atoms with E-state index in [1.165, 1.54) is 0 Å². The summed E-state index contributed by atoms with van der Waals surface area (Å²) in [5.74, 6) is 0.407. The van der Waals surface area contributed by atoms with Crippen LogP contribution in [0.15, 0.2) is 78.9 Å². The molecule has 1 unspecified atom stereocenters. The predicted octanol–water partition coefficient (Wildman–Crippen LogP) is 5.38. The zero-order valence-electron chi connectivity index (χ0n) is 19.8. The van der Waals surface area contributed by atoms with Crippen molar-refractivity contribution >= 4 is 17.5 Å². The highest BCUT2D eigenvalue weighted by Crippen LogP contribution is 2.26. The molecule has 1 atom stereocenters. The molecule has 172 valence electrons. The number of nitrogens with one attached hydrogen (secondary N) is 1. The van der Waals surface area contributed by atoms with E-state index in [-0.39, 0.29) is 18.2 Å². The molecule has 3 rings (SSSR count). The Hall–Kier alpha value is -3.60. The molecule has 0 radical (unpaired) electrons. The molecule has 0 aliphatic heterocycles. The summed E-state index contributed by atoms with van der Waals surface area (Å²) in [6, 6.07) is 24.9. The van der Waals surface area contributed by atoms with Gasteiger partial charge in [0, 0.05) is 12.2 Å². The van der Waals surface area contributed by atoms with E-state index < -0.39 is 5.54 Å². The quantitative estimate of drug-likeness (QED) is 0.482. The molecule has 0 aliphatic rings. The van der Waals surface area contributed by atoms with Gasteiger partial charge in [0.1, 0.15) is 11.3 Å². The van der Waals surface area contributed by atoms with Gasteiger partial charge in [-0.3, -0.25) is 9.59 Å². The Balaban J connectivity index is 1.90. The van der Waals surface area contributed by atoms with Crippen LogP contribution >= 0.6 is 0 Å². The van der Waals surface area contributed by atoms with Crippen molar-refractivity contribution in [1.29, 1.82) is 0 Å². The highest BCUT2D eigenvalue weighted by atomic mass is 16.5. The minimum Gasteiger partial charge on any atom is -0.497 e. The number of anilines is 1. The summed E-state index contributed by atoms with van der Waals surface area (Å²) in [5.41, 5.74) is 2.68. The molecule has 33 heavy (non-hydrogen) atoms. The van der Waals surface area contributed by atoms with Gasteiger partial charge in [0.05, 0.1) is 13.5 Å². The van der Waals surface area contributed by atoms with E-state index in [1.807, 2.05) is 75.4 Å². The molecule has 0 spiro atoms. The van der Waals surface area contributed by atoms with Gasteiger partial charge in [-0.25, -0.2) is 0 Å². The van der Waals surface area contributed by atoms with E-state index in [9.17, 15) is 9.59 Å². The van der Waals surface area contributed by atoms with Gasteiger partial charge in [0.25, 0.3) is 0 Å². The van der Waals surface area contributed by atoms with Gasteiger partial charge in [0.2, 0.25) is 11.8 Å². The van der Waals surface area contributed by atoms with E-state index in [2.05, 4.69) is 5.32 Å². The molecule has 0 fully saturated rings. The summed E-state index contributed by atoms with van der Waals surface area (Å²) in [6.07, 6.45) is 0.708. The van der Waals surface area contributed by atoms with Crippen molar-refractivity contribution in [2.24, 2.45) is 0 Å². The van der Waals surface area contributed by atoms with Crippen LogP contribution in [-0.4, -0.2) is 29.4 Å². The van der Waals surface area contributed by atoms with Crippen LogP contribution in [-0.2, 0) is 22.6 Å². The van der Waals surface area contributed by atoms with Crippen molar-refractivity contribution in [3.8, 4) is 5.75 Å². The highest BCUT2D eigenvalue weighted by molar-refractivity contribution is 6.00. The van der Waals surface area contributed by atoms with Gasteiger partial charge < -0.3 is 15.0 Å². The molecule has 0 saturated heterocycles. The first-order chi connectivity index (χ1) is 15.9. The SMILES string of the molecule is CCC(C)(C(=O)Nc1ccc(OC)cc1)N(Cc1ccc(C)cc1)C(=O)Cc1ccccc1. The molecule has 0 aromatic heterocycles. The molecule has 0 bridgehead atoms. The van der Waals surface area contributed by atoms with E-state index in [1.54, 1.807) is 36.3 Å². The molecule has 3 aromatic rings. The second kappa shape index (κ2) is 10.8. The van der Waals surface area contributed by atoms with Crippen molar-refractivity contribution in [2.75, 3.05) is 12.4 Å². The summed E-state index contributed by atoms with van der Waals surface area (Å²) in [7, 11) is 1.60. The van der Waals surface area contributed by atoms with Gasteiger partial charge >= 0.3 is 0 Å². The average Bonchev–Trinajstić information content (AvgIpc) is 2.84. The van der Waals surface area contributed by atoms with Crippen molar-refractivity contribution in [3.63, 3.8) is 0 Å². The molecule has 0 saturated carbocycles. The van der Waals surface area contributed by atoms with E-state index in [0.717, 1.165) is 16.7 Å². The van der Waals surface area contributed by atoms with Crippen LogP contribution in [0.3, 0.4) is 0 Å². The second-order valence-corrected chi connectivity index (χ2v) is 8.44. The largest absolute Gasteiger partial charge is 0.497 e. The molecule has 1 N–H and O–H groups in total. The molecular formula is C28H32N2O3. The number of methoxy groups -OCH3 is 1. The summed E-state index contributed by atoms with van der Waals surface area (Å²) in [5, 5.41) is 2.99. The minimum absolute atomic E-state index is 0.0870. The number of ether oxygens (including phenoxy) is 1. The Labute approximate surface area is 196 Å². The Kier molecular flexibility index (Phi) is 7.88. The highest BCUT2D eigenvalue weighted by Gasteiger charge is 2.40. The van der Waals surface area contributed by atoms with Crippen LogP contribution < -0.4 is 10.1 Å².